The summed E-state index contributed by atoms with van der Waals surface area (Å²) in [5, 5.41) is 15.1. The van der Waals surface area contributed by atoms with Gasteiger partial charge >= 0.3 is 0 Å². The first kappa shape index (κ1) is 9.46. The molecule has 3 rings (SSSR count). The van der Waals surface area contributed by atoms with Crippen molar-refractivity contribution in [3.05, 3.63) is 27.7 Å². The van der Waals surface area contributed by atoms with Gasteiger partial charge < -0.3 is 4.90 Å². The maximum Gasteiger partial charge on any atom is 0.295 e. The lowest BCUT2D eigenvalue weighted by Gasteiger charge is -2.25. The van der Waals surface area contributed by atoms with Crippen molar-refractivity contribution in [3.63, 3.8) is 0 Å². The molecule has 2 aromatic heterocycles. The molecule has 1 amide bonds. The number of amides is 1. The quantitative estimate of drug-likeness (QED) is 0.779. The second-order valence-electron chi connectivity index (χ2n) is 3.58. The summed E-state index contributed by atoms with van der Waals surface area (Å²) in [6.45, 7) is 1.37. The molecule has 0 radical (unpaired) electrons. The van der Waals surface area contributed by atoms with Crippen molar-refractivity contribution in [1.82, 2.24) is 25.5 Å². The van der Waals surface area contributed by atoms with Gasteiger partial charge in [0, 0.05) is 18.0 Å². The van der Waals surface area contributed by atoms with Crippen LogP contribution in [-0.4, -0.2) is 38.0 Å². The van der Waals surface area contributed by atoms with Crippen LogP contribution in [0.2, 0.25) is 0 Å². The standard InChI is InChI=1S/C9H9N5OS/c15-9(8-10-12-13-11-8)14-3-1-7-6(5-14)2-4-16-7/h2,4H,1,3,5H2,(H,10,11,12,13). The summed E-state index contributed by atoms with van der Waals surface area (Å²) in [5.74, 6) is -0.0238. The van der Waals surface area contributed by atoms with Crippen molar-refractivity contribution in [2.75, 3.05) is 6.54 Å². The summed E-state index contributed by atoms with van der Waals surface area (Å²) in [5.41, 5.74) is 1.23. The van der Waals surface area contributed by atoms with Gasteiger partial charge in [-0.2, -0.15) is 5.21 Å². The summed E-state index contributed by atoms with van der Waals surface area (Å²) in [6.07, 6.45) is 0.913. The minimum absolute atomic E-state index is 0.138. The zero-order valence-corrected chi connectivity index (χ0v) is 9.20. The number of hydrogen-bond acceptors (Lipinski definition) is 5. The number of nitrogens with zero attached hydrogens (tertiary/aromatic N) is 4. The molecular weight excluding hydrogens is 226 g/mol. The van der Waals surface area contributed by atoms with E-state index in [1.54, 1.807) is 16.2 Å². The molecule has 82 valence electrons. The largest absolute Gasteiger partial charge is 0.331 e. The van der Waals surface area contributed by atoms with E-state index in [0.717, 1.165) is 13.0 Å². The van der Waals surface area contributed by atoms with Gasteiger partial charge in [-0.1, -0.05) is 0 Å². The third-order valence-electron chi connectivity index (χ3n) is 2.63. The highest BCUT2D eigenvalue weighted by Crippen LogP contribution is 2.24. The molecule has 0 aliphatic carbocycles. The van der Waals surface area contributed by atoms with E-state index in [0.29, 0.717) is 6.54 Å². The molecule has 0 unspecified atom stereocenters. The van der Waals surface area contributed by atoms with Gasteiger partial charge in [0.05, 0.1) is 0 Å². The molecule has 1 N–H and O–H groups in total. The van der Waals surface area contributed by atoms with Crippen LogP contribution in [0.15, 0.2) is 11.4 Å². The highest BCUT2D eigenvalue weighted by atomic mass is 32.1. The number of nitrogens with one attached hydrogen (secondary N) is 1. The Balaban J connectivity index is 1.81. The van der Waals surface area contributed by atoms with Crippen LogP contribution in [0.1, 0.15) is 21.1 Å². The summed E-state index contributed by atoms with van der Waals surface area (Å²) in [4.78, 5) is 15.1. The number of carbonyl (C=O) groups excluding carboxylic acids is 1. The minimum Gasteiger partial charge on any atom is -0.331 e. The topological polar surface area (TPSA) is 74.8 Å². The number of tetrazole rings is 1. The monoisotopic (exact) mass is 235 g/mol. The zero-order chi connectivity index (χ0) is 11.0. The van der Waals surface area contributed by atoms with Crippen molar-refractivity contribution < 1.29 is 4.79 Å². The van der Waals surface area contributed by atoms with E-state index in [1.807, 2.05) is 0 Å². The molecule has 0 aromatic carbocycles. The number of thiophene rings is 1. The lowest BCUT2D eigenvalue weighted by molar-refractivity contribution is 0.0723. The number of rotatable bonds is 1. The van der Waals surface area contributed by atoms with Gasteiger partial charge in [0.25, 0.3) is 11.7 Å². The molecule has 0 atom stereocenters. The second-order valence-corrected chi connectivity index (χ2v) is 4.58. The first-order valence-electron chi connectivity index (χ1n) is 4.92. The molecule has 1 aliphatic rings. The van der Waals surface area contributed by atoms with E-state index < -0.39 is 0 Å². The van der Waals surface area contributed by atoms with Crippen molar-refractivity contribution in [1.29, 1.82) is 0 Å². The van der Waals surface area contributed by atoms with E-state index in [9.17, 15) is 4.79 Å². The summed E-state index contributed by atoms with van der Waals surface area (Å²) in [6, 6.07) is 2.07. The molecule has 6 nitrogen and oxygen atoms in total. The highest BCUT2D eigenvalue weighted by molar-refractivity contribution is 7.10. The third-order valence-corrected chi connectivity index (χ3v) is 3.65. The van der Waals surface area contributed by atoms with Crippen LogP contribution in [0.4, 0.5) is 0 Å². The Morgan fingerprint density at radius 3 is 3.31 bits per heavy atom. The first-order valence-corrected chi connectivity index (χ1v) is 5.80. The molecule has 2 aromatic rings. The van der Waals surface area contributed by atoms with Crippen LogP contribution in [0.25, 0.3) is 0 Å². The van der Waals surface area contributed by atoms with E-state index >= 15 is 0 Å². The summed E-state index contributed by atoms with van der Waals surface area (Å²) >= 11 is 1.75. The van der Waals surface area contributed by atoms with Crippen molar-refractivity contribution in [3.8, 4) is 0 Å². The molecule has 0 saturated heterocycles. The van der Waals surface area contributed by atoms with Crippen LogP contribution >= 0.6 is 11.3 Å². The summed E-state index contributed by atoms with van der Waals surface area (Å²) in [7, 11) is 0. The van der Waals surface area contributed by atoms with Crippen molar-refractivity contribution >= 4 is 17.2 Å². The van der Waals surface area contributed by atoms with Crippen LogP contribution in [0.3, 0.4) is 0 Å². The molecule has 0 fully saturated rings. The van der Waals surface area contributed by atoms with E-state index in [-0.39, 0.29) is 11.7 Å². The van der Waals surface area contributed by atoms with Crippen LogP contribution < -0.4 is 0 Å². The summed E-state index contributed by atoms with van der Waals surface area (Å²) < 4.78 is 0. The van der Waals surface area contributed by atoms with Gasteiger partial charge in [-0.25, -0.2) is 0 Å². The third kappa shape index (κ3) is 1.49. The van der Waals surface area contributed by atoms with Crippen molar-refractivity contribution in [2.24, 2.45) is 0 Å². The molecule has 1 aliphatic heterocycles. The number of carbonyl (C=O) groups is 1. The lowest BCUT2D eigenvalue weighted by Crippen LogP contribution is -2.35. The number of H-pyrrole nitrogens is 1. The molecule has 16 heavy (non-hydrogen) atoms. The Hall–Kier alpha value is -1.76. The van der Waals surface area contributed by atoms with Gasteiger partial charge in [0.15, 0.2) is 0 Å². The molecule has 0 saturated carbocycles. The Labute approximate surface area is 95.3 Å². The average molecular weight is 235 g/mol. The van der Waals surface area contributed by atoms with Gasteiger partial charge in [-0.05, 0) is 28.6 Å². The number of hydrogen-bond donors (Lipinski definition) is 1. The average Bonchev–Trinajstić information content (AvgIpc) is 2.98. The maximum atomic E-state index is 11.9. The minimum atomic E-state index is -0.161. The van der Waals surface area contributed by atoms with Crippen LogP contribution in [0, 0.1) is 0 Å². The van der Waals surface area contributed by atoms with E-state index in [1.165, 1.54) is 10.4 Å². The zero-order valence-electron chi connectivity index (χ0n) is 8.38. The smallest absolute Gasteiger partial charge is 0.295 e. The van der Waals surface area contributed by atoms with Gasteiger partial charge in [0.2, 0.25) is 0 Å². The van der Waals surface area contributed by atoms with Gasteiger partial charge in [0.1, 0.15) is 0 Å². The predicted octanol–water partition coefficient (Wildman–Crippen LogP) is 0.460. The predicted molar refractivity (Wildman–Crippen MR) is 56.9 cm³/mol. The number of fused-ring (bicyclic) bond motifs is 1. The lowest BCUT2D eigenvalue weighted by atomic mass is 10.1. The fourth-order valence-electron chi connectivity index (χ4n) is 1.82. The Morgan fingerprint density at radius 2 is 2.50 bits per heavy atom. The molecule has 0 bridgehead atoms. The highest BCUT2D eigenvalue weighted by Gasteiger charge is 2.24. The normalized spacial score (nSPS) is 14.9. The SMILES string of the molecule is O=C(c1nn[nH]n1)N1CCc2sccc2C1. The van der Waals surface area contributed by atoms with E-state index in [2.05, 4.69) is 32.1 Å². The van der Waals surface area contributed by atoms with Crippen LogP contribution in [0.5, 0.6) is 0 Å². The van der Waals surface area contributed by atoms with Crippen molar-refractivity contribution in [2.45, 2.75) is 13.0 Å². The number of aromatic nitrogens is 4. The Bertz CT molecular complexity index is 506. The molecular formula is C9H9N5OS. The second kappa shape index (κ2) is 3.67. The Kier molecular flexibility index (Phi) is 2.17. The first-order chi connectivity index (χ1) is 7.84. The van der Waals surface area contributed by atoms with Gasteiger partial charge in [-0.3, -0.25) is 4.79 Å². The molecule has 3 heterocycles. The molecule has 7 heteroatoms. The maximum absolute atomic E-state index is 11.9. The number of aromatic amines is 1. The fourth-order valence-corrected chi connectivity index (χ4v) is 2.71. The molecule has 0 spiro atoms. The Morgan fingerprint density at radius 1 is 1.56 bits per heavy atom. The van der Waals surface area contributed by atoms with Gasteiger partial charge in [-0.15, -0.1) is 21.5 Å². The van der Waals surface area contributed by atoms with Crippen LogP contribution in [-0.2, 0) is 13.0 Å². The van der Waals surface area contributed by atoms with E-state index in [4.69, 9.17) is 0 Å². The fraction of sp³-hybridized carbons (Fsp3) is 0.333.